The summed E-state index contributed by atoms with van der Waals surface area (Å²) < 4.78 is 33.4. The Bertz CT molecular complexity index is 254. The molecule has 0 aliphatic rings. The number of carbonyl (C=O) groups excluding carboxylic acids is 1. The van der Waals surface area contributed by atoms with Crippen LogP contribution in [-0.4, -0.2) is 31.3 Å². The fourth-order valence-corrected chi connectivity index (χ4v) is 1.36. The van der Waals surface area contributed by atoms with Gasteiger partial charge in [-0.3, -0.25) is 9.35 Å². The molecule has 80 valence electrons. The van der Waals surface area contributed by atoms with Gasteiger partial charge in [-0.15, -0.1) is 0 Å². The van der Waals surface area contributed by atoms with E-state index in [0.717, 1.165) is 0 Å². The normalized spacial score (nSPS) is 10.4. The minimum Gasteiger partial charge on any atom is -1.00 e. The molecule has 0 rings (SSSR count). The molecule has 0 saturated carbocycles. The second-order valence-electron chi connectivity index (χ2n) is 2.55. The third-order valence-corrected chi connectivity index (χ3v) is 2.14. The van der Waals surface area contributed by atoms with Crippen LogP contribution in [-0.2, 0) is 19.6 Å². The Balaban J connectivity index is -0.000000720. The average molecular weight is 234 g/mol. The Kier molecular flexibility index (Phi) is 10.4. The van der Waals surface area contributed by atoms with Crippen molar-refractivity contribution in [2.24, 2.45) is 0 Å². The van der Waals surface area contributed by atoms with Gasteiger partial charge < -0.3 is 6.16 Å². The third-order valence-electron chi connectivity index (χ3n) is 1.34. The molecule has 5 nitrogen and oxygen atoms in total. The minimum atomic E-state index is -3.89. The summed E-state index contributed by atoms with van der Waals surface area (Å²) in [5, 5.41) is 0. The molecule has 14 heavy (non-hydrogen) atoms. The average Bonchev–Trinajstić information content (AvgIpc) is 1.97. The number of hydrogen-bond acceptors (Lipinski definition) is 4. The van der Waals surface area contributed by atoms with E-state index in [1.807, 2.05) is 0 Å². The van der Waals surface area contributed by atoms with Crippen molar-refractivity contribution >= 4 is 16.1 Å². The number of rotatable bonds is 6. The summed E-state index contributed by atoms with van der Waals surface area (Å²) in [4.78, 5) is 10.7. The van der Waals surface area contributed by atoms with Gasteiger partial charge in [0.15, 0.2) is 0 Å². The molecule has 0 atom stereocenters. The van der Waals surface area contributed by atoms with Crippen LogP contribution in [0.3, 0.4) is 0 Å². The smallest absolute Gasteiger partial charge is 1.00 e. The first kappa shape index (κ1) is 16.8. The fourth-order valence-electron chi connectivity index (χ4n) is 0.787. The maximum absolute atomic E-state index is 10.7. The van der Waals surface area contributed by atoms with Crippen molar-refractivity contribution in [2.75, 3.05) is 12.4 Å². The van der Waals surface area contributed by atoms with E-state index in [9.17, 15) is 13.2 Å². The first-order valence-electron chi connectivity index (χ1n) is 4.06. The van der Waals surface area contributed by atoms with E-state index in [4.69, 9.17) is 4.55 Å². The van der Waals surface area contributed by atoms with E-state index < -0.39 is 10.1 Å². The number of hydrogen-bond donors (Lipinski definition) is 1. The summed E-state index contributed by atoms with van der Waals surface area (Å²) in [6, 6.07) is 0. The van der Waals surface area contributed by atoms with Crippen LogP contribution in [0.25, 0.3) is 0 Å². The van der Waals surface area contributed by atoms with Crippen molar-refractivity contribution in [1.29, 1.82) is 0 Å². The number of esters is 1. The Morgan fingerprint density at radius 1 is 1.43 bits per heavy atom. The molecule has 0 fully saturated rings. The maximum atomic E-state index is 10.7. The van der Waals surface area contributed by atoms with Gasteiger partial charge in [-0.25, -0.2) is 0 Å². The first-order chi connectivity index (χ1) is 5.95. The topological polar surface area (TPSA) is 80.7 Å². The zero-order valence-corrected chi connectivity index (χ0v) is 11.3. The van der Waals surface area contributed by atoms with Gasteiger partial charge in [-0.2, -0.15) is 8.42 Å². The second kappa shape index (κ2) is 8.67. The second-order valence-corrected chi connectivity index (χ2v) is 4.12. The van der Waals surface area contributed by atoms with Crippen molar-refractivity contribution in [1.82, 2.24) is 0 Å². The summed E-state index contributed by atoms with van der Waals surface area (Å²) in [7, 11) is -3.89. The van der Waals surface area contributed by atoms with E-state index in [1.165, 1.54) is 0 Å². The van der Waals surface area contributed by atoms with Crippen molar-refractivity contribution in [3.8, 4) is 0 Å². The van der Waals surface area contributed by atoms with E-state index in [1.54, 1.807) is 6.92 Å². The van der Waals surface area contributed by atoms with E-state index in [0.29, 0.717) is 13.0 Å². The number of carbonyl (C=O) groups is 1. The van der Waals surface area contributed by atoms with Crippen molar-refractivity contribution in [3.63, 3.8) is 0 Å². The van der Waals surface area contributed by atoms with Crippen molar-refractivity contribution < 1.29 is 53.5 Å². The molecule has 0 heterocycles. The van der Waals surface area contributed by atoms with E-state index >= 15 is 0 Å². The first-order valence-corrected chi connectivity index (χ1v) is 5.67. The zero-order chi connectivity index (χ0) is 10.3. The van der Waals surface area contributed by atoms with Gasteiger partial charge >= 0.3 is 35.5 Å². The molecule has 0 amide bonds. The van der Waals surface area contributed by atoms with Crippen LogP contribution < -0.4 is 29.6 Å². The Morgan fingerprint density at radius 2 is 2.00 bits per heavy atom. The van der Waals surface area contributed by atoms with E-state index in [2.05, 4.69) is 4.74 Å². The zero-order valence-electron chi connectivity index (χ0n) is 9.52. The van der Waals surface area contributed by atoms with Gasteiger partial charge in [-0.1, -0.05) is 0 Å². The van der Waals surface area contributed by atoms with Crippen LogP contribution in [0.5, 0.6) is 0 Å². The Hall–Kier alpha value is 0.380. The van der Waals surface area contributed by atoms with Gasteiger partial charge in [-0.05, 0) is 19.8 Å². The molecule has 0 aliphatic carbocycles. The molecule has 0 radical (unpaired) electrons. The summed E-state index contributed by atoms with van der Waals surface area (Å²) in [6.07, 6.45) is 0.889. The molecule has 0 aliphatic heterocycles. The predicted octanol–water partition coefficient (Wildman–Crippen LogP) is -2.28. The molecule has 0 aromatic carbocycles. The van der Waals surface area contributed by atoms with Crippen molar-refractivity contribution in [3.05, 3.63) is 0 Å². The molecule has 0 spiro atoms. The molecule has 1 N–H and O–H groups in total. The molecule has 0 aromatic heterocycles. The summed E-state index contributed by atoms with van der Waals surface area (Å²) in [5.74, 6) is -0.635. The minimum absolute atomic E-state index is 0. The van der Waals surface area contributed by atoms with Crippen LogP contribution >= 0.6 is 0 Å². The largest absolute Gasteiger partial charge is 1.00 e. The van der Waals surface area contributed by atoms with Gasteiger partial charge in [0.2, 0.25) is 0 Å². The monoisotopic (exact) mass is 234 g/mol. The molecular weight excluding hydrogens is 219 g/mol. The molecule has 0 bridgehead atoms. The van der Waals surface area contributed by atoms with Crippen LogP contribution in [0.1, 0.15) is 27.6 Å². The SMILES string of the molecule is CCOC(=O)CCCCS(=O)(=O)O.[H-].[Na+]. The third kappa shape index (κ3) is 12.4. The maximum Gasteiger partial charge on any atom is 1.00 e. The molecular formula is C7H15NaO5S. The van der Waals surface area contributed by atoms with Gasteiger partial charge in [0, 0.05) is 6.42 Å². The van der Waals surface area contributed by atoms with Crippen molar-refractivity contribution in [2.45, 2.75) is 26.2 Å². The standard InChI is InChI=1S/C7H14O5S.Na.H/c1-2-12-7(8)5-3-4-6-13(9,10)11;;/h2-6H2,1H3,(H,9,10,11);;/q;+1;-1. The van der Waals surface area contributed by atoms with Gasteiger partial charge in [0.05, 0.1) is 12.4 Å². The predicted molar refractivity (Wildman–Crippen MR) is 48.0 cm³/mol. The summed E-state index contributed by atoms with van der Waals surface area (Å²) >= 11 is 0. The van der Waals surface area contributed by atoms with E-state index in [-0.39, 0.29) is 55.5 Å². The van der Waals surface area contributed by atoms with Crippen LogP contribution in [0.4, 0.5) is 0 Å². The quantitative estimate of drug-likeness (QED) is 0.242. The molecule has 7 heteroatoms. The van der Waals surface area contributed by atoms with Crippen LogP contribution in [0.2, 0.25) is 0 Å². The summed E-state index contributed by atoms with van der Waals surface area (Å²) in [6.45, 7) is 2.03. The summed E-state index contributed by atoms with van der Waals surface area (Å²) in [5.41, 5.74) is 0. The molecule has 0 saturated heterocycles. The van der Waals surface area contributed by atoms with Gasteiger partial charge in [0.1, 0.15) is 0 Å². The Morgan fingerprint density at radius 3 is 2.43 bits per heavy atom. The van der Waals surface area contributed by atoms with Gasteiger partial charge in [0.25, 0.3) is 10.1 Å². The fraction of sp³-hybridized carbons (Fsp3) is 0.857. The molecule has 0 aromatic rings. The number of ether oxygens (including phenoxy) is 1. The number of unbranched alkanes of at least 4 members (excludes halogenated alkanes) is 1. The Labute approximate surface area is 108 Å². The van der Waals surface area contributed by atoms with Crippen LogP contribution in [0, 0.1) is 0 Å². The van der Waals surface area contributed by atoms with Crippen LogP contribution in [0.15, 0.2) is 0 Å². The molecule has 0 unspecified atom stereocenters.